The molecule has 1 aliphatic heterocycles. The minimum atomic E-state index is -3.77. The van der Waals surface area contributed by atoms with Crippen molar-refractivity contribution >= 4 is 15.8 Å². The first-order chi connectivity index (χ1) is 15.4. The van der Waals surface area contributed by atoms with Crippen LogP contribution in [0.15, 0.2) is 53.4 Å². The van der Waals surface area contributed by atoms with Gasteiger partial charge in [0.25, 0.3) is 0 Å². The van der Waals surface area contributed by atoms with Crippen LogP contribution in [0.3, 0.4) is 0 Å². The Balaban J connectivity index is 1.36. The highest BCUT2D eigenvalue weighted by molar-refractivity contribution is 7.89. The fraction of sp³-hybridized carbons (Fsp3) is 0.458. The molecule has 2 atom stereocenters. The highest BCUT2D eigenvalue weighted by atomic mass is 32.2. The molecule has 1 heterocycles. The van der Waals surface area contributed by atoms with Crippen molar-refractivity contribution < 1.29 is 22.7 Å². The Kier molecular flexibility index (Phi) is 7.05. The molecule has 32 heavy (non-hydrogen) atoms. The van der Waals surface area contributed by atoms with Crippen molar-refractivity contribution in [1.29, 1.82) is 0 Å². The van der Waals surface area contributed by atoms with E-state index in [9.17, 15) is 22.7 Å². The highest BCUT2D eigenvalue weighted by Crippen LogP contribution is 2.29. The van der Waals surface area contributed by atoms with E-state index in [-0.39, 0.29) is 29.2 Å². The van der Waals surface area contributed by atoms with Gasteiger partial charge >= 0.3 is 0 Å². The molecule has 1 aliphatic carbocycles. The molecule has 2 aliphatic rings. The quantitative estimate of drug-likeness (QED) is 0.620. The molecule has 0 spiro atoms. The van der Waals surface area contributed by atoms with Gasteiger partial charge in [-0.15, -0.1) is 0 Å². The number of Topliss-reactive ketones (excluding diaryl/α,β-unsaturated/α-hetero) is 1. The number of nitrogens with zero attached hydrogens (tertiary/aromatic N) is 1. The van der Waals surface area contributed by atoms with E-state index in [4.69, 9.17) is 0 Å². The Labute approximate surface area is 188 Å². The number of piperidine rings is 1. The molecule has 8 heteroatoms. The number of alkyl halides is 1. The van der Waals surface area contributed by atoms with Gasteiger partial charge in [-0.3, -0.25) is 9.69 Å². The zero-order chi connectivity index (χ0) is 22.7. The summed E-state index contributed by atoms with van der Waals surface area (Å²) >= 11 is 0. The molecule has 2 aromatic carbocycles. The number of halogens is 1. The zero-order valence-corrected chi connectivity index (χ0v) is 18.7. The molecule has 0 amide bonds. The van der Waals surface area contributed by atoms with E-state index in [2.05, 4.69) is 21.8 Å². The van der Waals surface area contributed by atoms with Crippen LogP contribution in [0.25, 0.3) is 0 Å². The average Bonchev–Trinajstić information content (AvgIpc) is 2.82. The number of nitrogens with one attached hydrogen (secondary N) is 1. The van der Waals surface area contributed by atoms with E-state index in [1.807, 2.05) is 12.1 Å². The fourth-order valence-electron chi connectivity index (χ4n) is 4.83. The van der Waals surface area contributed by atoms with Crippen LogP contribution in [0.2, 0.25) is 0 Å². The fourth-order valence-corrected chi connectivity index (χ4v) is 5.84. The number of benzene rings is 2. The normalized spacial score (nSPS) is 22.4. The summed E-state index contributed by atoms with van der Waals surface area (Å²) in [5.74, 6) is -0.105. The number of rotatable bonds is 7. The van der Waals surface area contributed by atoms with E-state index in [0.29, 0.717) is 24.8 Å². The zero-order valence-electron chi connectivity index (χ0n) is 17.9. The van der Waals surface area contributed by atoms with Crippen LogP contribution < -0.4 is 4.72 Å². The second kappa shape index (κ2) is 9.79. The number of aliphatic hydroxyl groups is 1. The number of ketones is 1. The third kappa shape index (κ3) is 4.93. The Morgan fingerprint density at radius 2 is 1.66 bits per heavy atom. The predicted molar refractivity (Wildman–Crippen MR) is 120 cm³/mol. The van der Waals surface area contributed by atoms with E-state index in [1.165, 1.54) is 35.4 Å². The standard InChI is InChI=1S/C24H29FN2O4S/c25-11-12-26-32(30,31)21-7-5-17(6-8-21)24(29)18-9-13-27(14-10-18)22-15-19-3-1-2-4-20(19)16-23(22)28/h1-8,18,22-23,26,28H,9-16H2/t22-,23-/m1/s1. The molecule has 0 unspecified atom stereocenters. The summed E-state index contributed by atoms with van der Waals surface area (Å²) in [4.78, 5) is 15.3. The van der Waals surface area contributed by atoms with E-state index in [0.717, 1.165) is 19.5 Å². The van der Waals surface area contributed by atoms with Crippen molar-refractivity contribution in [2.75, 3.05) is 26.3 Å². The Hall–Kier alpha value is -2.13. The summed E-state index contributed by atoms with van der Waals surface area (Å²) in [5.41, 5.74) is 2.99. The minimum Gasteiger partial charge on any atom is -0.391 e. The van der Waals surface area contributed by atoms with Gasteiger partial charge in [-0.05, 0) is 55.6 Å². The smallest absolute Gasteiger partial charge is 0.240 e. The number of likely N-dealkylation sites (tertiary alicyclic amines) is 1. The molecule has 172 valence electrons. The maximum atomic E-state index is 13.0. The van der Waals surface area contributed by atoms with Gasteiger partial charge in [0.05, 0.1) is 11.0 Å². The Morgan fingerprint density at radius 1 is 1.03 bits per heavy atom. The topological polar surface area (TPSA) is 86.7 Å². The second-order valence-electron chi connectivity index (χ2n) is 8.60. The van der Waals surface area contributed by atoms with Gasteiger partial charge in [-0.1, -0.05) is 36.4 Å². The minimum absolute atomic E-state index is 0.0138. The number of carbonyl (C=O) groups is 1. The van der Waals surface area contributed by atoms with E-state index in [1.54, 1.807) is 0 Å². The maximum Gasteiger partial charge on any atom is 0.240 e. The summed E-state index contributed by atoms with van der Waals surface area (Å²) in [6.07, 6.45) is 2.50. The van der Waals surface area contributed by atoms with Crippen LogP contribution in [0.5, 0.6) is 0 Å². The molecule has 2 N–H and O–H groups in total. The lowest BCUT2D eigenvalue weighted by Crippen LogP contribution is -2.51. The monoisotopic (exact) mass is 460 g/mol. The molecule has 6 nitrogen and oxygen atoms in total. The molecule has 4 rings (SSSR count). The first kappa shape index (κ1) is 23.0. The molecule has 0 aromatic heterocycles. The molecular weight excluding hydrogens is 431 g/mol. The summed E-state index contributed by atoms with van der Waals surface area (Å²) in [5, 5.41) is 10.7. The van der Waals surface area contributed by atoms with E-state index < -0.39 is 22.8 Å². The van der Waals surface area contributed by atoms with Crippen LogP contribution in [0.4, 0.5) is 4.39 Å². The average molecular weight is 461 g/mol. The van der Waals surface area contributed by atoms with Gasteiger partial charge in [0, 0.05) is 30.5 Å². The lowest BCUT2D eigenvalue weighted by molar-refractivity contribution is 0.0239. The van der Waals surface area contributed by atoms with Crippen molar-refractivity contribution in [1.82, 2.24) is 9.62 Å². The summed E-state index contributed by atoms with van der Waals surface area (Å²) < 4.78 is 38.6. The van der Waals surface area contributed by atoms with Gasteiger partial charge in [0.2, 0.25) is 10.0 Å². The summed E-state index contributed by atoms with van der Waals surface area (Å²) in [6.45, 7) is 0.446. The van der Waals surface area contributed by atoms with Gasteiger partial charge in [0.1, 0.15) is 6.67 Å². The molecule has 1 fully saturated rings. The van der Waals surface area contributed by atoms with Crippen LogP contribution in [-0.2, 0) is 22.9 Å². The SMILES string of the molecule is O=C(c1ccc(S(=O)(=O)NCCF)cc1)C1CCN([C@@H]2Cc3ccccc3C[C@H]2O)CC1. The van der Waals surface area contributed by atoms with E-state index >= 15 is 0 Å². The lowest BCUT2D eigenvalue weighted by Gasteiger charge is -2.41. The van der Waals surface area contributed by atoms with Crippen LogP contribution in [-0.4, -0.2) is 62.7 Å². The van der Waals surface area contributed by atoms with Crippen LogP contribution in [0.1, 0.15) is 34.3 Å². The maximum absolute atomic E-state index is 13.0. The van der Waals surface area contributed by atoms with Gasteiger partial charge in [0.15, 0.2) is 5.78 Å². The predicted octanol–water partition coefficient (Wildman–Crippen LogP) is 2.36. The number of carbonyl (C=O) groups excluding carboxylic acids is 1. The Morgan fingerprint density at radius 3 is 2.28 bits per heavy atom. The summed E-state index contributed by atoms with van der Waals surface area (Å²) in [6, 6.07) is 14.1. The van der Waals surface area contributed by atoms with Crippen molar-refractivity contribution in [2.24, 2.45) is 5.92 Å². The number of hydrogen-bond donors (Lipinski definition) is 2. The largest absolute Gasteiger partial charge is 0.391 e. The highest BCUT2D eigenvalue weighted by Gasteiger charge is 2.35. The van der Waals surface area contributed by atoms with Gasteiger partial charge < -0.3 is 5.11 Å². The van der Waals surface area contributed by atoms with Crippen molar-refractivity contribution in [3.05, 3.63) is 65.2 Å². The molecule has 1 saturated heterocycles. The number of hydrogen-bond acceptors (Lipinski definition) is 5. The molecular formula is C24H29FN2O4S. The van der Waals surface area contributed by atoms with Crippen molar-refractivity contribution in [3.8, 4) is 0 Å². The summed E-state index contributed by atoms with van der Waals surface area (Å²) in [7, 11) is -3.77. The lowest BCUT2D eigenvalue weighted by atomic mass is 9.83. The van der Waals surface area contributed by atoms with Crippen LogP contribution >= 0.6 is 0 Å². The number of sulfonamides is 1. The van der Waals surface area contributed by atoms with Crippen molar-refractivity contribution in [2.45, 2.75) is 42.7 Å². The van der Waals surface area contributed by atoms with Crippen molar-refractivity contribution in [3.63, 3.8) is 0 Å². The first-order valence-corrected chi connectivity index (χ1v) is 12.6. The first-order valence-electron chi connectivity index (χ1n) is 11.1. The third-order valence-electron chi connectivity index (χ3n) is 6.63. The molecule has 0 radical (unpaired) electrons. The molecule has 0 bridgehead atoms. The molecule has 0 saturated carbocycles. The third-order valence-corrected chi connectivity index (χ3v) is 8.10. The number of aliphatic hydroxyl groups excluding tert-OH is 1. The van der Waals surface area contributed by atoms with Gasteiger partial charge in [-0.2, -0.15) is 0 Å². The van der Waals surface area contributed by atoms with Crippen LogP contribution in [0, 0.1) is 5.92 Å². The second-order valence-corrected chi connectivity index (χ2v) is 10.4. The van der Waals surface area contributed by atoms with Gasteiger partial charge in [-0.25, -0.2) is 17.5 Å². The Bertz CT molecular complexity index is 1050. The molecule has 2 aromatic rings. The number of fused-ring (bicyclic) bond motifs is 1.